The van der Waals surface area contributed by atoms with Gasteiger partial charge in [0.2, 0.25) is 0 Å². The van der Waals surface area contributed by atoms with E-state index in [-0.39, 0.29) is 12.5 Å². The minimum absolute atomic E-state index is 0.0526. The molecule has 116 valence electrons. The van der Waals surface area contributed by atoms with Gasteiger partial charge in [-0.15, -0.1) is 0 Å². The molecule has 0 aliphatic carbocycles. The predicted octanol–water partition coefficient (Wildman–Crippen LogP) is 1.42. The summed E-state index contributed by atoms with van der Waals surface area (Å²) in [6.45, 7) is 8.98. The van der Waals surface area contributed by atoms with E-state index in [0.29, 0.717) is 18.7 Å². The second kappa shape index (κ2) is 7.38. The van der Waals surface area contributed by atoms with Crippen molar-refractivity contribution in [1.82, 2.24) is 9.80 Å². The summed E-state index contributed by atoms with van der Waals surface area (Å²) in [5, 5.41) is 9.06. The van der Waals surface area contributed by atoms with Gasteiger partial charge in [0.25, 0.3) is 0 Å². The molecule has 2 rings (SSSR count). The molecule has 0 aromatic carbocycles. The maximum atomic E-state index is 11.0. The Labute approximate surface area is 121 Å². The molecule has 0 amide bonds. The smallest absolute Gasteiger partial charge is 0.305 e. The molecule has 0 bridgehead atoms. The SMILES string of the molecule is CC(C)N1CCCC(N2CCOCC2CC(=O)O)CC1. The topological polar surface area (TPSA) is 53.0 Å². The number of likely N-dealkylation sites (tertiary alicyclic amines) is 1. The summed E-state index contributed by atoms with van der Waals surface area (Å²) in [6, 6.07) is 1.18. The second-order valence-corrected chi connectivity index (χ2v) is 6.28. The van der Waals surface area contributed by atoms with Gasteiger partial charge < -0.3 is 14.7 Å². The maximum absolute atomic E-state index is 11.0. The van der Waals surface area contributed by atoms with Gasteiger partial charge in [0.05, 0.1) is 19.6 Å². The van der Waals surface area contributed by atoms with Gasteiger partial charge in [-0.05, 0) is 46.2 Å². The van der Waals surface area contributed by atoms with Crippen LogP contribution in [0.2, 0.25) is 0 Å². The van der Waals surface area contributed by atoms with E-state index in [4.69, 9.17) is 9.84 Å². The first-order valence-corrected chi connectivity index (χ1v) is 7.87. The number of morpholine rings is 1. The minimum atomic E-state index is -0.720. The average Bonchev–Trinajstić information content (AvgIpc) is 2.64. The first kappa shape index (κ1) is 15.7. The number of aliphatic carboxylic acids is 1. The van der Waals surface area contributed by atoms with Crippen LogP contribution < -0.4 is 0 Å². The fourth-order valence-corrected chi connectivity index (χ4v) is 3.48. The normalized spacial score (nSPS) is 30.4. The number of nitrogens with zero attached hydrogens (tertiary/aromatic N) is 2. The van der Waals surface area contributed by atoms with Crippen LogP contribution in [-0.4, -0.2) is 71.8 Å². The van der Waals surface area contributed by atoms with Crippen molar-refractivity contribution in [1.29, 1.82) is 0 Å². The first-order chi connectivity index (χ1) is 9.58. The predicted molar refractivity (Wildman–Crippen MR) is 77.9 cm³/mol. The summed E-state index contributed by atoms with van der Waals surface area (Å²) < 4.78 is 5.48. The van der Waals surface area contributed by atoms with Crippen LogP contribution in [0.15, 0.2) is 0 Å². The Morgan fingerprint density at radius 3 is 2.80 bits per heavy atom. The van der Waals surface area contributed by atoms with Crippen molar-refractivity contribution >= 4 is 5.97 Å². The third kappa shape index (κ3) is 4.17. The molecule has 2 aliphatic rings. The molecule has 2 saturated heterocycles. The van der Waals surface area contributed by atoms with E-state index in [9.17, 15) is 4.79 Å². The van der Waals surface area contributed by atoms with Crippen LogP contribution in [0.5, 0.6) is 0 Å². The Morgan fingerprint density at radius 2 is 2.10 bits per heavy atom. The molecule has 0 aromatic rings. The average molecular weight is 284 g/mol. The third-order valence-electron chi connectivity index (χ3n) is 4.61. The largest absolute Gasteiger partial charge is 0.481 e. The summed E-state index contributed by atoms with van der Waals surface area (Å²) in [4.78, 5) is 16.0. The number of carbonyl (C=O) groups is 1. The van der Waals surface area contributed by atoms with Gasteiger partial charge in [0, 0.05) is 24.7 Å². The quantitative estimate of drug-likeness (QED) is 0.846. The molecule has 0 spiro atoms. The Balaban J connectivity index is 1.95. The monoisotopic (exact) mass is 284 g/mol. The number of rotatable bonds is 4. The minimum Gasteiger partial charge on any atom is -0.481 e. The standard InChI is InChI=1S/C15H28N2O3/c1-12(2)16-6-3-4-13(5-7-16)17-8-9-20-11-14(17)10-15(18)19/h12-14H,3-11H2,1-2H3,(H,18,19). The zero-order valence-corrected chi connectivity index (χ0v) is 12.8. The molecule has 2 atom stereocenters. The molecule has 1 N–H and O–H groups in total. The Kier molecular flexibility index (Phi) is 5.81. The number of hydrogen-bond donors (Lipinski definition) is 1. The molecule has 2 unspecified atom stereocenters. The molecule has 5 nitrogen and oxygen atoms in total. The van der Waals surface area contributed by atoms with E-state index in [1.807, 2.05) is 0 Å². The Bertz CT molecular complexity index is 322. The van der Waals surface area contributed by atoms with E-state index < -0.39 is 5.97 Å². The highest BCUT2D eigenvalue weighted by Gasteiger charge is 2.32. The molecule has 2 aliphatic heterocycles. The molecular formula is C15H28N2O3. The van der Waals surface area contributed by atoms with Crippen molar-refractivity contribution in [2.24, 2.45) is 0 Å². The van der Waals surface area contributed by atoms with Crippen LogP contribution in [0, 0.1) is 0 Å². The lowest BCUT2D eigenvalue weighted by atomic mass is 10.0. The molecule has 2 heterocycles. The summed E-state index contributed by atoms with van der Waals surface area (Å²) >= 11 is 0. The van der Waals surface area contributed by atoms with Crippen molar-refractivity contribution < 1.29 is 14.6 Å². The summed E-state index contributed by atoms with van der Waals surface area (Å²) in [5.41, 5.74) is 0. The fraction of sp³-hybridized carbons (Fsp3) is 0.933. The summed E-state index contributed by atoms with van der Waals surface area (Å²) in [7, 11) is 0. The number of carboxylic acid groups (broad SMARTS) is 1. The van der Waals surface area contributed by atoms with Crippen LogP contribution in [0.4, 0.5) is 0 Å². The number of hydrogen-bond acceptors (Lipinski definition) is 4. The second-order valence-electron chi connectivity index (χ2n) is 6.28. The number of carboxylic acids is 1. The van der Waals surface area contributed by atoms with Crippen LogP contribution >= 0.6 is 0 Å². The third-order valence-corrected chi connectivity index (χ3v) is 4.61. The zero-order valence-electron chi connectivity index (χ0n) is 12.8. The number of ether oxygens (including phenoxy) is 1. The fourth-order valence-electron chi connectivity index (χ4n) is 3.48. The van der Waals surface area contributed by atoms with Gasteiger partial charge >= 0.3 is 5.97 Å². The van der Waals surface area contributed by atoms with Gasteiger partial charge in [-0.1, -0.05) is 0 Å². The van der Waals surface area contributed by atoms with Crippen LogP contribution in [0.3, 0.4) is 0 Å². The van der Waals surface area contributed by atoms with E-state index >= 15 is 0 Å². The highest BCUT2D eigenvalue weighted by atomic mass is 16.5. The molecule has 20 heavy (non-hydrogen) atoms. The van der Waals surface area contributed by atoms with Crippen molar-refractivity contribution in [3.05, 3.63) is 0 Å². The van der Waals surface area contributed by atoms with Crippen LogP contribution in [0.25, 0.3) is 0 Å². The Morgan fingerprint density at radius 1 is 1.30 bits per heavy atom. The van der Waals surface area contributed by atoms with E-state index in [2.05, 4.69) is 23.6 Å². The lowest BCUT2D eigenvalue weighted by Gasteiger charge is -2.40. The van der Waals surface area contributed by atoms with Crippen molar-refractivity contribution in [2.45, 2.75) is 57.7 Å². The Hall–Kier alpha value is -0.650. The maximum Gasteiger partial charge on any atom is 0.305 e. The van der Waals surface area contributed by atoms with Crippen molar-refractivity contribution in [2.75, 3.05) is 32.8 Å². The molecule has 2 fully saturated rings. The molecule has 0 aromatic heterocycles. The molecule has 0 saturated carbocycles. The summed E-state index contributed by atoms with van der Waals surface area (Å²) in [5.74, 6) is -0.720. The van der Waals surface area contributed by atoms with Gasteiger partial charge in [0.1, 0.15) is 0 Å². The van der Waals surface area contributed by atoms with E-state index in [1.165, 1.54) is 19.4 Å². The van der Waals surface area contributed by atoms with E-state index in [1.54, 1.807) is 0 Å². The van der Waals surface area contributed by atoms with E-state index in [0.717, 1.165) is 26.1 Å². The molecule has 0 radical (unpaired) electrons. The molecule has 5 heteroatoms. The molecular weight excluding hydrogens is 256 g/mol. The summed E-state index contributed by atoms with van der Waals surface area (Å²) in [6.07, 6.45) is 3.73. The zero-order chi connectivity index (χ0) is 14.5. The van der Waals surface area contributed by atoms with Crippen molar-refractivity contribution in [3.63, 3.8) is 0 Å². The lowest BCUT2D eigenvalue weighted by Crippen LogP contribution is -2.51. The first-order valence-electron chi connectivity index (χ1n) is 7.87. The van der Waals surface area contributed by atoms with Gasteiger partial charge in [-0.2, -0.15) is 0 Å². The highest BCUT2D eigenvalue weighted by Crippen LogP contribution is 2.23. The van der Waals surface area contributed by atoms with Gasteiger partial charge in [-0.25, -0.2) is 0 Å². The van der Waals surface area contributed by atoms with Crippen LogP contribution in [0.1, 0.15) is 39.5 Å². The van der Waals surface area contributed by atoms with Gasteiger partial charge in [-0.3, -0.25) is 9.69 Å². The highest BCUT2D eigenvalue weighted by molar-refractivity contribution is 5.67. The van der Waals surface area contributed by atoms with Crippen LogP contribution in [-0.2, 0) is 9.53 Å². The lowest BCUT2D eigenvalue weighted by molar-refractivity contribution is -0.141. The van der Waals surface area contributed by atoms with Crippen molar-refractivity contribution in [3.8, 4) is 0 Å². The van der Waals surface area contributed by atoms with Gasteiger partial charge in [0.15, 0.2) is 0 Å².